The highest BCUT2D eigenvalue weighted by molar-refractivity contribution is 9.10. The molecular weight excluding hydrogens is 308 g/mol. The summed E-state index contributed by atoms with van der Waals surface area (Å²) < 4.78 is 6.55. The zero-order valence-corrected chi connectivity index (χ0v) is 12.0. The van der Waals surface area contributed by atoms with Gasteiger partial charge in [0.1, 0.15) is 17.9 Å². The van der Waals surface area contributed by atoms with E-state index in [1.807, 2.05) is 37.3 Å². The van der Waals surface area contributed by atoms with E-state index in [1.165, 1.54) is 0 Å². The van der Waals surface area contributed by atoms with Gasteiger partial charge in [-0.2, -0.15) is 0 Å². The lowest BCUT2D eigenvalue weighted by atomic mass is 10.1. The quantitative estimate of drug-likeness (QED) is 0.924. The molecule has 3 nitrogen and oxygen atoms in total. The maximum Gasteiger partial charge on any atom is 0.339 e. The molecule has 0 bridgehead atoms. The third-order valence-corrected chi connectivity index (χ3v) is 3.48. The molecule has 0 saturated heterocycles. The molecule has 0 fully saturated rings. The minimum atomic E-state index is -0.981. The van der Waals surface area contributed by atoms with Crippen LogP contribution in [-0.4, -0.2) is 11.1 Å². The molecule has 4 heteroatoms. The van der Waals surface area contributed by atoms with Crippen LogP contribution in [0, 0.1) is 6.92 Å². The van der Waals surface area contributed by atoms with Crippen LogP contribution in [0.25, 0.3) is 0 Å². The number of carboxylic acids is 1. The molecule has 0 spiro atoms. The van der Waals surface area contributed by atoms with E-state index < -0.39 is 5.97 Å². The summed E-state index contributed by atoms with van der Waals surface area (Å²) in [7, 11) is 0. The van der Waals surface area contributed by atoms with Crippen molar-refractivity contribution in [2.24, 2.45) is 0 Å². The Morgan fingerprint density at radius 3 is 2.68 bits per heavy atom. The third-order valence-electron chi connectivity index (χ3n) is 2.71. The van der Waals surface area contributed by atoms with E-state index in [0.717, 1.165) is 15.6 Å². The Morgan fingerprint density at radius 1 is 1.26 bits per heavy atom. The van der Waals surface area contributed by atoms with Crippen LogP contribution in [0.3, 0.4) is 0 Å². The maximum atomic E-state index is 11.2. The number of aryl methyl sites for hydroxylation is 1. The molecule has 0 atom stereocenters. The summed E-state index contributed by atoms with van der Waals surface area (Å²) in [6.07, 6.45) is 0. The van der Waals surface area contributed by atoms with E-state index in [4.69, 9.17) is 9.84 Å². The largest absolute Gasteiger partial charge is 0.488 e. The predicted octanol–water partition coefficient (Wildman–Crippen LogP) is 4.03. The van der Waals surface area contributed by atoms with Crippen LogP contribution in [0.15, 0.2) is 46.9 Å². The SMILES string of the molecule is Cc1ccc(OCc2ccccc2Br)c(C(=O)O)c1. The van der Waals surface area contributed by atoms with Gasteiger partial charge < -0.3 is 9.84 Å². The Morgan fingerprint density at radius 2 is 2.00 bits per heavy atom. The number of halogens is 1. The molecule has 0 amide bonds. The molecule has 0 heterocycles. The van der Waals surface area contributed by atoms with Crippen molar-refractivity contribution in [2.75, 3.05) is 0 Å². The second-order valence-electron chi connectivity index (χ2n) is 4.18. The van der Waals surface area contributed by atoms with Crippen molar-refractivity contribution in [1.82, 2.24) is 0 Å². The van der Waals surface area contributed by atoms with Gasteiger partial charge in [-0.1, -0.05) is 45.8 Å². The number of hydrogen-bond donors (Lipinski definition) is 1. The molecule has 2 aromatic carbocycles. The molecule has 2 aromatic rings. The lowest BCUT2D eigenvalue weighted by molar-refractivity contribution is 0.0691. The standard InChI is InChI=1S/C15H13BrO3/c1-10-6-7-14(12(8-10)15(17)18)19-9-11-4-2-3-5-13(11)16/h2-8H,9H2,1H3,(H,17,18). The van der Waals surface area contributed by atoms with Crippen LogP contribution < -0.4 is 4.74 Å². The molecule has 0 aromatic heterocycles. The average molecular weight is 321 g/mol. The van der Waals surface area contributed by atoms with Gasteiger partial charge in [-0.25, -0.2) is 4.79 Å². The second-order valence-corrected chi connectivity index (χ2v) is 5.04. The Hall–Kier alpha value is -1.81. The number of aromatic carboxylic acids is 1. The van der Waals surface area contributed by atoms with Crippen LogP contribution in [0.4, 0.5) is 0 Å². The average Bonchev–Trinajstić information content (AvgIpc) is 2.38. The van der Waals surface area contributed by atoms with Crippen LogP contribution in [0.2, 0.25) is 0 Å². The second kappa shape index (κ2) is 5.89. The molecular formula is C15H13BrO3. The molecule has 2 rings (SSSR count). The van der Waals surface area contributed by atoms with Crippen molar-refractivity contribution in [1.29, 1.82) is 0 Å². The van der Waals surface area contributed by atoms with Crippen LogP contribution >= 0.6 is 15.9 Å². The first kappa shape index (κ1) is 13.6. The number of ether oxygens (including phenoxy) is 1. The third kappa shape index (κ3) is 3.35. The zero-order chi connectivity index (χ0) is 13.8. The van der Waals surface area contributed by atoms with Crippen molar-refractivity contribution < 1.29 is 14.6 Å². The van der Waals surface area contributed by atoms with E-state index in [1.54, 1.807) is 12.1 Å². The first-order valence-electron chi connectivity index (χ1n) is 5.78. The molecule has 1 N–H and O–H groups in total. The zero-order valence-electron chi connectivity index (χ0n) is 10.4. The Labute approximate surface area is 120 Å². The van der Waals surface area contributed by atoms with Gasteiger partial charge in [0.15, 0.2) is 0 Å². The lowest BCUT2D eigenvalue weighted by Crippen LogP contribution is -2.04. The fourth-order valence-electron chi connectivity index (χ4n) is 1.71. The van der Waals surface area contributed by atoms with E-state index in [2.05, 4.69) is 15.9 Å². The number of hydrogen-bond acceptors (Lipinski definition) is 2. The molecule has 0 aliphatic carbocycles. The smallest absolute Gasteiger partial charge is 0.339 e. The molecule has 0 aliphatic heterocycles. The van der Waals surface area contributed by atoms with Crippen LogP contribution in [0.1, 0.15) is 21.5 Å². The van der Waals surface area contributed by atoms with E-state index in [-0.39, 0.29) is 5.56 Å². The van der Waals surface area contributed by atoms with Gasteiger partial charge in [0.2, 0.25) is 0 Å². The molecule has 0 saturated carbocycles. The van der Waals surface area contributed by atoms with Gasteiger partial charge in [-0.05, 0) is 25.1 Å². The Balaban J connectivity index is 2.20. The molecule has 19 heavy (non-hydrogen) atoms. The van der Waals surface area contributed by atoms with E-state index in [0.29, 0.717) is 12.4 Å². The fraction of sp³-hybridized carbons (Fsp3) is 0.133. The predicted molar refractivity (Wildman–Crippen MR) is 76.6 cm³/mol. The molecule has 98 valence electrons. The van der Waals surface area contributed by atoms with Gasteiger partial charge in [0, 0.05) is 10.0 Å². The number of rotatable bonds is 4. The molecule has 0 unspecified atom stereocenters. The van der Waals surface area contributed by atoms with Crippen molar-refractivity contribution in [3.63, 3.8) is 0 Å². The lowest BCUT2D eigenvalue weighted by Gasteiger charge is -2.10. The first-order chi connectivity index (χ1) is 9.08. The topological polar surface area (TPSA) is 46.5 Å². The summed E-state index contributed by atoms with van der Waals surface area (Å²) in [5, 5.41) is 9.15. The summed E-state index contributed by atoms with van der Waals surface area (Å²) in [4.78, 5) is 11.2. The highest BCUT2D eigenvalue weighted by Crippen LogP contribution is 2.23. The van der Waals surface area contributed by atoms with Gasteiger partial charge in [0.05, 0.1) is 0 Å². The van der Waals surface area contributed by atoms with Crippen LogP contribution in [0.5, 0.6) is 5.75 Å². The summed E-state index contributed by atoms with van der Waals surface area (Å²) >= 11 is 3.43. The molecule has 0 radical (unpaired) electrons. The van der Waals surface area contributed by atoms with Gasteiger partial charge in [-0.3, -0.25) is 0 Å². The summed E-state index contributed by atoms with van der Waals surface area (Å²) in [5.41, 5.74) is 2.05. The fourth-order valence-corrected chi connectivity index (χ4v) is 2.11. The Bertz CT molecular complexity index is 608. The number of carboxylic acid groups (broad SMARTS) is 1. The normalized spacial score (nSPS) is 10.2. The minimum absolute atomic E-state index is 0.187. The first-order valence-corrected chi connectivity index (χ1v) is 6.57. The van der Waals surface area contributed by atoms with Crippen molar-refractivity contribution in [2.45, 2.75) is 13.5 Å². The Kier molecular flexibility index (Phi) is 4.22. The maximum absolute atomic E-state index is 11.2. The highest BCUT2D eigenvalue weighted by Gasteiger charge is 2.11. The summed E-state index contributed by atoms with van der Waals surface area (Å²) in [6, 6.07) is 12.8. The summed E-state index contributed by atoms with van der Waals surface area (Å²) in [5.74, 6) is -0.598. The van der Waals surface area contributed by atoms with Crippen molar-refractivity contribution in [3.8, 4) is 5.75 Å². The van der Waals surface area contributed by atoms with E-state index >= 15 is 0 Å². The highest BCUT2D eigenvalue weighted by atomic mass is 79.9. The van der Waals surface area contributed by atoms with Crippen LogP contribution in [-0.2, 0) is 6.61 Å². The van der Waals surface area contributed by atoms with Gasteiger partial charge >= 0.3 is 5.97 Å². The van der Waals surface area contributed by atoms with Gasteiger partial charge in [-0.15, -0.1) is 0 Å². The van der Waals surface area contributed by atoms with Crippen molar-refractivity contribution in [3.05, 3.63) is 63.6 Å². The number of carbonyl (C=O) groups is 1. The number of benzene rings is 2. The summed E-state index contributed by atoms with van der Waals surface area (Å²) in [6.45, 7) is 2.18. The van der Waals surface area contributed by atoms with E-state index in [9.17, 15) is 4.79 Å². The minimum Gasteiger partial charge on any atom is -0.488 e. The van der Waals surface area contributed by atoms with Gasteiger partial charge in [0.25, 0.3) is 0 Å². The molecule has 0 aliphatic rings. The monoisotopic (exact) mass is 320 g/mol. The van der Waals surface area contributed by atoms with Crippen molar-refractivity contribution >= 4 is 21.9 Å².